The minimum Gasteiger partial charge on any atom is -0.493 e. The van der Waals surface area contributed by atoms with E-state index in [2.05, 4.69) is 0 Å². The van der Waals surface area contributed by atoms with Crippen LogP contribution in [0.15, 0.2) is 42.5 Å². The van der Waals surface area contributed by atoms with Crippen molar-refractivity contribution in [3.05, 3.63) is 53.6 Å². The average molecular weight is 382 g/mol. The van der Waals surface area contributed by atoms with Crippen LogP contribution in [-0.2, 0) is 4.79 Å². The number of imide groups is 1. The molecule has 0 saturated carbocycles. The van der Waals surface area contributed by atoms with Crippen LogP contribution in [-0.4, -0.2) is 50.4 Å². The standard InChI is InChI=1S/C21H22N2O5/c1-22(14-10-11-17(27-2)18(13-14)28-3)19(24)9-6-12-23-20(25)15-7-4-5-8-16(15)21(23)26/h4-5,7-8,10-11,13H,6,9,12H2,1-3H3. The Morgan fingerprint density at radius 1 is 0.964 bits per heavy atom. The molecule has 3 amide bonds. The van der Waals surface area contributed by atoms with Crippen LogP contribution in [0, 0.1) is 0 Å². The largest absolute Gasteiger partial charge is 0.493 e. The lowest BCUT2D eigenvalue weighted by atomic mass is 10.1. The molecule has 0 atom stereocenters. The number of hydrogen-bond acceptors (Lipinski definition) is 5. The molecule has 146 valence electrons. The number of hydrogen-bond donors (Lipinski definition) is 0. The van der Waals surface area contributed by atoms with E-state index in [0.717, 1.165) is 0 Å². The molecule has 1 heterocycles. The predicted octanol–water partition coefficient (Wildman–Crippen LogP) is 2.74. The SMILES string of the molecule is COc1ccc(N(C)C(=O)CCCN2C(=O)c3ccccc3C2=O)cc1OC. The Kier molecular flexibility index (Phi) is 5.63. The lowest BCUT2D eigenvalue weighted by Gasteiger charge is -2.20. The monoisotopic (exact) mass is 382 g/mol. The van der Waals surface area contributed by atoms with Gasteiger partial charge in [-0.2, -0.15) is 0 Å². The van der Waals surface area contributed by atoms with Crippen molar-refractivity contribution < 1.29 is 23.9 Å². The summed E-state index contributed by atoms with van der Waals surface area (Å²) in [4.78, 5) is 39.9. The summed E-state index contributed by atoms with van der Waals surface area (Å²) < 4.78 is 10.5. The Morgan fingerprint density at radius 2 is 1.57 bits per heavy atom. The third-order valence-electron chi connectivity index (χ3n) is 4.78. The molecule has 0 aliphatic carbocycles. The van der Waals surface area contributed by atoms with E-state index in [-0.39, 0.29) is 30.7 Å². The number of amides is 3. The number of benzene rings is 2. The van der Waals surface area contributed by atoms with Crippen molar-refractivity contribution in [1.29, 1.82) is 0 Å². The maximum absolute atomic E-state index is 12.5. The molecule has 7 heteroatoms. The molecule has 28 heavy (non-hydrogen) atoms. The topological polar surface area (TPSA) is 76.2 Å². The first-order valence-electron chi connectivity index (χ1n) is 8.91. The summed E-state index contributed by atoms with van der Waals surface area (Å²) >= 11 is 0. The van der Waals surface area contributed by atoms with E-state index < -0.39 is 0 Å². The second-order valence-corrected chi connectivity index (χ2v) is 6.40. The van der Waals surface area contributed by atoms with Crippen molar-refractivity contribution in [3.63, 3.8) is 0 Å². The highest BCUT2D eigenvalue weighted by Gasteiger charge is 2.34. The second-order valence-electron chi connectivity index (χ2n) is 6.40. The van der Waals surface area contributed by atoms with Gasteiger partial charge in [0.2, 0.25) is 5.91 Å². The Hall–Kier alpha value is -3.35. The van der Waals surface area contributed by atoms with Crippen molar-refractivity contribution in [3.8, 4) is 11.5 Å². The number of nitrogens with zero attached hydrogens (tertiary/aromatic N) is 2. The minimum atomic E-state index is -0.304. The highest BCUT2D eigenvalue weighted by atomic mass is 16.5. The van der Waals surface area contributed by atoms with E-state index in [1.165, 1.54) is 16.9 Å². The molecule has 2 aromatic carbocycles. The number of ether oxygens (including phenoxy) is 2. The van der Waals surface area contributed by atoms with Crippen LogP contribution in [0.4, 0.5) is 5.69 Å². The smallest absolute Gasteiger partial charge is 0.261 e. The van der Waals surface area contributed by atoms with E-state index in [1.807, 2.05) is 0 Å². The molecule has 2 aromatic rings. The minimum absolute atomic E-state index is 0.121. The summed E-state index contributed by atoms with van der Waals surface area (Å²) in [6, 6.07) is 12.0. The molecule has 1 aliphatic rings. The molecule has 0 saturated heterocycles. The first-order valence-corrected chi connectivity index (χ1v) is 8.91. The predicted molar refractivity (Wildman–Crippen MR) is 104 cm³/mol. The lowest BCUT2D eigenvalue weighted by molar-refractivity contribution is -0.118. The van der Waals surface area contributed by atoms with Crippen molar-refractivity contribution in [2.75, 3.05) is 32.7 Å². The molecule has 0 radical (unpaired) electrons. The van der Waals surface area contributed by atoms with Crippen LogP contribution in [0.1, 0.15) is 33.6 Å². The van der Waals surface area contributed by atoms with Gasteiger partial charge in [0, 0.05) is 31.8 Å². The fraction of sp³-hybridized carbons (Fsp3) is 0.286. The Bertz CT molecular complexity index is 890. The molecular weight excluding hydrogens is 360 g/mol. The van der Waals surface area contributed by atoms with Gasteiger partial charge in [-0.05, 0) is 30.7 Å². The summed E-state index contributed by atoms with van der Waals surface area (Å²) in [7, 11) is 4.75. The van der Waals surface area contributed by atoms with Gasteiger partial charge < -0.3 is 14.4 Å². The molecule has 0 N–H and O–H groups in total. The highest BCUT2D eigenvalue weighted by Crippen LogP contribution is 2.31. The second kappa shape index (κ2) is 8.12. The highest BCUT2D eigenvalue weighted by molar-refractivity contribution is 6.21. The van der Waals surface area contributed by atoms with Gasteiger partial charge in [-0.15, -0.1) is 0 Å². The fourth-order valence-electron chi connectivity index (χ4n) is 3.18. The molecule has 0 spiro atoms. The van der Waals surface area contributed by atoms with Crippen molar-refractivity contribution in [2.45, 2.75) is 12.8 Å². The van der Waals surface area contributed by atoms with Gasteiger partial charge >= 0.3 is 0 Å². The van der Waals surface area contributed by atoms with E-state index in [9.17, 15) is 14.4 Å². The molecule has 0 unspecified atom stereocenters. The summed E-state index contributed by atoms with van der Waals surface area (Å²) in [6.45, 7) is 0.206. The summed E-state index contributed by atoms with van der Waals surface area (Å²) in [6.07, 6.45) is 0.597. The van der Waals surface area contributed by atoms with E-state index in [0.29, 0.717) is 34.7 Å². The Morgan fingerprint density at radius 3 is 2.14 bits per heavy atom. The van der Waals surface area contributed by atoms with E-state index in [1.54, 1.807) is 56.6 Å². The van der Waals surface area contributed by atoms with Crippen LogP contribution in [0.25, 0.3) is 0 Å². The zero-order valence-corrected chi connectivity index (χ0v) is 16.1. The molecule has 0 aromatic heterocycles. The Labute approximate surface area is 163 Å². The molecule has 0 bridgehead atoms. The zero-order valence-electron chi connectivity index (χ0n) is 16.1. The van der Waals surface area contributed by atoms with Gasteiger partial charge in [0.1, 0.15) is 0 Å². The molecule has 1 aliphatic heterocycles. The van der Waals surface area contributed by atoms with Gasteiger partial charge in [-0.1, -0.05) is 12.1 Å². The fourth-order valence-corrected chi connectivity index (χ4v) is 3.18. The maximum atomic E-state index is 12.5. The number of carbonyl (C=O) groups is 3. The lowest BCUT2D eigenvalue weighted by Crippen LogP contribution is -2.32. The van der Waals surface area contributed by atoms with Crippen LogP contribution in [0.5, 0.6) is 11.5 Å². The maximum Gasteiger partial charge on any atom is 0.261 e. The molecule has 0 fully saturated rings. The van der Waals surface area contributed by atoms with Crippen LogP contribution in [0.3, 0.4) is 0 Å². The first-order chi connectivity index (χ1) is 13.5. The zero-order chi connectivity index (χ0) is 20.3. The van der Waals surface area contributed by atoms with Gasteiger partial charge in [-0.25, -0.2) is 0 Å². The number of fused-ring (bicyclic) bond motifs is 1. The van der Waals surface area contributed by atoms with Crippen molar-refractivity contribution in [1.82, 2.24) is 4.90 Å². The molecular formula is C21H22N2O5. The third kappa shape index (κ3) is 3.55. The van der Waals surface area contributed by atoms with Gasteiger partial charge in [-0.3, -0.25) is 19.3 Å². The number of carbonyl (C=O) groups excluding carboxylic acids is 3. The Balaban J connectivity index is 1.59. The van der Waals surface area contributed by atoms with Crippen LogP contribution < -0.4 is 14.4 Å². The first kappa shape index (κ1) is 19.4. The summed E-state index contributed by atoms with van der Waals surface area (Å²) in [5, 5.41) is 0. The van der Waals surface area contributed by atoms with Crippen molar-refractivity contribution in [2.24, 2.45) is 0 Å². The quantitative estimate of drug-likeness (QED) is 0.688. The molecule has 7 nitrogen and oxygen atoms in total. The van der Waals surface area contributed by atoms with Gasteiger partial charge in [0.05, 0.1) is 25.3 Å². The van der Waals surface area contributed by atoms with Crippen LogP contribution >= 0.6 is 0 Å². The van der Waals surface area contributed by atoms with Crippen molar-refractivity contribution >= 4 is 23.4 Å². The summed E-state index contributed by atoms with van der Waals surface area (Å²) in [5.74, 6) is 0.384. The van der Waals surface area contributed by atoms with Gasteiger partial charge in [0.15, 0.2) is 11.5 Å². The molecule has 3 rings (SSSR count). The average Bonchev–Trinajstić information content (AvgIpc) is 2.97. The summed E-state index contributed by atoms with van der Waals surface area (Å²) in [5.41, 5.74) is 1.51. The van der Waals surface area contributed by atoms with E-state index >= 15 is 0 Å². The van der Waals surface area contributed by atoms with Gasteiger partial charge in [0.25, 0.3) is 11.8 Å². The third-order valence-corrected chi connectivity index (χ3v) is 4.78. The number of anilines is 1. The normalized spacial score (nSPS) is 12.8. The number of rotatable bonds is 7. The van der Waals surface area contributed by atoms with Crippen LogP contribution in [0.2, 0.25) is 0 Å². The van der Waals surface area contributed by atoms with E-state index in [4.69, 9.17) is 9.47 Å². The number of methoxy groups -OCH3 is 2.